The number of halogens is 2. The van der Waals surface area contributed by atoms with Crippen molar-refractivity contribution >= 4 is 37.8 Å². The maximum absolute atomic E-state index is 10.6. The van der Waals surface area contributed by atoms with Crippen molar-refractivity contribution in [1.29, 1.82) is 0 Å². The van der Waals surface area contributed by atoms with E-state index in [1.807, 2.05) is 30.3 Å². The number of carboxylic acid groups (broad SMARTS) is 1. The van der Waals surface area contributed by atoms with Gasteiger partial charge in [0.1, 0.15) is 4.83 Å². The van der Waals surface area contributed by atoms with Crippen LogP contribution in [0.4, 0.5) is 0 Å². The van der Waals surface area contributed by atoms with Gasteiger partial charge in [0.05, 0.1) is 4.83 Å². The molecular weight excluding hydrogens is 300 g/mol. The minimum Gasteiger partial charge on any atom is -0.480 e. The molecule has 0 spiro atoms. The molecular formula is C9H8Br2O2. The lowest BCUT2D eigenvalue weighted by molar-refractivity contribution is -0.136. The lowest BCUT2D eigenvalue weighted by Gasteiger charge is -2.12. The SMILES string of the molecule is O=C(O)[C@H](Br)[C@H](Br)c1ccccc1. The van der Waals surface area contributed by atoms with Crippen LogP contribution in [0.25, 0.3) is 0 Å². The van der Waals surface area contributed by atoms with Crippen molar-refractivity contribution in [2.45, 2.75) is 9.65 Å². The van der Waals surface area contributed by atoms with Crippen LogP contribution in [0.2, 0.25) is 0 Å². The van der Waals surface area contributed by atoms with Gasteiger partial charge >= 0.3 is 5.97 Å². The van der Waals surface area contributed by atoms with E-state index in [0.717, 1.165) is 5.56 Å². The molecule has 2 atom stereocenters. The highest BCUT2D eigenvalue weighted by atomic mass is 79.9. The van der Waals surface area contributed by atoms with Crippen LogP contribution in [-0.2, 0) is 4.79 Å². The van der Waals surface area contributed by atoms with Crippen LogP contribution < -0.4 is 0 Å². The van der Waals surface area contributed by atoms with Crippen LogP contribution >= 0.6 is 31.9 Å². The molecule has 0 aliphatic heterocycles. The highest BCUT2D eigenvalue weighted by Gasteiger charge is 2.23. The summed E-state index contributed by atoms with van der Waals surface area (Å²) in [6.45, 7) is 0. The molecule has 1 aromatic carbocycles. The Kier molecular flexibility index (Phi) is 3.93. The zero-order valence-electron chi connectivity index (χ0n) is 6.65. The van der Waals surface area contributed by atoms with Crippen molar-refractivity contribution < 1.29 is 9.90 Å². The molecule has 70 valence electrons. The third-order valence-electron chi connectivity index (χ3n) is 1.61. The predicted molar refractivity (Wildman–Crippen MR) is 58.5 cm³/mol. The smallest absolute Gasteiger partial charge is 0.318 e. The first kappa shape index (κ1) is 10.7. The molecule has 0 saturated carbocycles. The molecule has 4 heteroatoms. The summed E-state index contributed by atoms with van der Waals surface area (Å²) in [5, 5.41) is 8.74. The van der Waals surface area contributed by atoms with E-state index in [4.69, 9.17) is 5.11 Å². The minimum atomic E-state index is -0.870. The summed E-state index contributed by atoms with van der Waals surface area (Å²) in [5.74, 6) is -0.870. The van der Waals surface area contributed by atoms with E-state index in [0.29, 0.717) is 0 Å². The number of hydrogen-bond acceptors (Lipinski definition) is 1. The molecule has 0 radical (unpaired) electrons. The maximum Gasteiger partial charge on any atom is 0.318 e. The second-order valence-corrected chi connectivity index (χ2v) is 4.53. The van der Waals surface area contributed by atoms with E-state index in [1.54, 1.807) is 0 Å². The zero-order valence-corrected chi connectivity index (χ0v) is 9.82. The van der Waals surface area contributed by atoms with E-state index in [-0.39, 0.29) is 4.83 Å². The van der Waals surface area contributed by atoms with E-state index >= 15 is 0 Å². The average Bonchev–Trinajstić information content (AvgIpc) is 2.17. The molecule has 0 heterocycles. The van der Waals surface area contributed by atoms with Crippen LogP contribution in [0.1, 0.15) is 10.4 Å². The summed E-state index contributed by atoms with van der Waals surface area (Å²) in [6, 6.07) is 9.43. The Balaban J connectivity index is 2.79. The zero-order chi connectivity index (χ0) is 9.84. The predicted octanol–water partition coefficient (Wildman–Crippen LogP) is 2.97. The summed E-state index contributed by atoms with van der Waals surface area (Å²) in [7, 11) is 0. The van der Waals surface area contributed by atoms with Crippen molar-refractivity contribution in [3.63, 3.8) is 0 Å². The molecule has 1 rings (SSSR count). The molecule has 0 aromatic heterocycles. The standard InChI is InChI=1S/C9H8Br2O2/c10-7(8(11)9(12)13)6-4-2-1-3-5-6/h1-5,7-8H,(H,12,13)/t7-,8-/m1/s1. The van der Waals surface area contributed by atoms with Gasteiger partial charge in [-0.25, -0.2) is 0 Å². The third-order valence-corrected chi connectivity index (χ3v) is 4.30. The fourth-order valence-electron chi connectivity index (χ4n) is 0.931. The molecule has 0 fully saturated rings. The number of aliphatic carboxylic acids is 1. The number of hydrogen-bond donors (Lipinski definition) is 1. The molecule has 0 bridgehead atoms. The fourth-order valence-corrected chi connectivity index (χ4v) is 1.77. The van der Waals surface area contributed by atoms with E-state index < -0.39 is 10.8 Å². The monoisotopic (exact) mass is 306 g/mol. The van der Waals surface area contributed by atoms with Gasteiger partial charge in [-0.2, -0.15) is 0 Å². The maximum atomic E-state index is 10.6. The number of benzene rings is 1. The first-order chi connectivity index (χ1) is 6.13. The Hall–Kier alpha value is -0.350. The first-order valence-electron chi connectivity index (χ1n) is 3.69. The van der Waals surface area contributed by atoms with Crippen LogP contribution in [-0.4, -0.2) is 15.9 Å². The molecule has 1 aromatic rings. The number of alkyl halides is 2. The molecule has 2 nitrogen and oxygen atoms in total. The highest BCUT2D eigenvalue weighted by Crippen LogP contribution is 2.30. The highest BCUT2D eigenvalue weighted by molar-refractivity contribution is 9.12. The lowest BCUT2D eigenvalue weighted by Crippen LogP contribution is -2.17. The van der Waals surface area contributed by atoms with Crippen LogP contribution in [0.5, 0.6) is 0 Å². The van der Waals surface area contributed by atoms with Crippen LogP contribution in [0.15, 0.2) is 30.3 Å². The number of carbonyl (C=O) groups is 1. The van der Waals surface area contributed by atoms with Crippen molar-refractivity contribution in [3.8, 4) is 0 Å². The Morgan fingerprint density at radius 3 is 2.23 bits per heavy atom. The number of rotatable bonds is 3. The van der Waals surface area contributed by atoms with Crippen LogP contribution in [0.3, 0.4) is 0 Å². The van der Waals surface area contributed by atoms with E-state index in [2.05, 4.69) is 31.9 Å². The van der Waals surface area contributed by atoms with Gasteiger partial charge < -0.3 is 5.11 Å². The van der Waals surface area contributed by atoms with Gasteiger partial charge in [-0.05, 0) is 5.56 Å². The molecule has 0 unspecified atom stereocenters. The summed E-state index contributed by atoms with van der Waals surface area (Å²) in [4.78, 5) is 9.83. The first-order valence-corrected chi connectivity index (χ1v) is 5.52. The van der Waals surface area contributed by atoms with Gasteiger partial charge in [-0.15, -0.1) is 0 Å². The Bertz CT molecular complexity index is 287. The normalized spacial score (nSPS) is 14.9. The second kappa shape index (κ2) is 4.77. The van der Waals surface area contributed by atoms with Crippen molar-refractivity contribution in [2.75, 3.05) is 0 Å². The van der Waals surface area contributed by atoms with Gasteiger partial charge in [-0.3, -0.25) is 4.79 Å². The Morgan fingerprint density at radius 2 is 1.77 bits per heavy atom. The molecule has 0 aliphatic carbocycles. The average molecular weight is 308 g/mol. The largest absolute Gasteiger partial charge is 0.480 e. The van der Waals surface area contributed by atoms with Gasteiger partial charge in [-0.1, -0.05) is 62.2 Å². The lowest BCUT2D eigenvalue weighted by atomic mass is 10.1. The summed E-state index contributed by atoms with van der Waals surface area (Å²) >= 11 is 6.42. The van der Waals surface area contributed by atoms with Gasteiger partial charge in [0.2, 0.25) is 0 Å². The van der Waals surface area contributed by atoms with Gasteiger partial charge in [0.25, 0.3) is 0 Å². The molecule has 0 amide bonds. The Labute approximate surface area is 93.2 Å². The fraction of sp³-hybridized carbons (Fsp3) is 0.222. The van der Waals surface area contributed by atoms with Gasteiger partial charge in [0.15, 0.2) is 0 Å². The van der Waals surface area contributed by atoms with E-state index in [1.165, 1.54) is 0 Å². The van der Waals surface area contributed by atoms with Crippen molar-refractivity contribution in [1.82, 2.24) is 0 Å². The summed E-state index contributed by atoms with van der Waals surface area (Å²) in [5.41, 5.74) is 0.951. The summed E-state index contributed by atoms with van der Waals surface area (Å²) in [6.07, 6.45) is 0. The summed E-state index contributed by atoms with van der Waals surface area (Å²) < 4.78 is 0. The molecule has 13 heavy (non-hydrogen) atoms. The van der Waals surface area contributed by atoms with Crippen molar-refractivity contribution in [2.24, 2.45) is 0 Å². The third kappa shape index (κ3) is 2.81. The van der Waals surface area contributed by atoms with E-state index in [9.17, 15) is 4.79 Å². The quantitative estimate of drug-likeness (QED) is 0.872. The molecule has 1 N–H and O–H groups in total. The number of carboxylic acids is 1. The van der Waals surface area contributed by atoms with Crippen LogP contribution in [0, 0.1) is 0 Å². The molecule has 0 aliphatic rings. The Morgan fingerprint density at radius 1 is 1.23 bits per heavy atom. The minimum absolute atomic E-state index is 0.203. The van der Waals surface area contributed by atoms with Gasteiger partial charge in [0, 0.05) is 0 Å². The molecule has 0 saturated heterocycles. The topological polar surface area (TPSA) is 37.3 Å². The second-order valence-electron chi connectivity index (χ2n) is 2.55. The van der Waals surface area contributed by atoms with Crippen molar-refractivity contribution in [3.05, 3.63) is 35.9 Å².